The standard InChI is InChI=1S/C22H32N2O5S/c1-13-17(14(2)25)28-19-16(18(13)27-12-15-10-8-7-9-11-15)23-20(30-19)24(6)21(26)29-22(3,4)5/h7-11,13-14,16-19,25H,12H2,1-6H3/t13-,14?,16-,17+,18+,19-/m1/s1. The van der Waals surface area contributed by atoms with Gasteiger partial charge in [-0.2, -0.15) is 0 Å². The number of aliphatic imine (C=N–C) groups is 1. The van der Waals surface area contributed by atoms with Gasteiger partial charge in [0.2, 0.25) is 0 Å². The van der Waals surface area contributed by atoms with Gasteiger partial charge in [0, 0.05) is 13.0 Å². The smallest absolute Gasteiger partial charge is 0.416 e. The minimum atomic E-state index is -0.642. The number of hydrogen-bond acceptors (Lipinski definition) is 7. The molecule has 1 saturated heterocycles. The van der Waals surface area contributed by atoms with E-state index in [0.717, 1.165) is 5.56 Å². The van der Waals surface area contributed by atoms with Crippen LogP contribution in [0.4, 0.5) is 4.79 Å². The molecule has 0 aromatic heterocycles. The fourth-order valence-corrected chi connectivity index (χ4v) is 4.81. The summed E-state index contributed by atoms with van der Waals surface area (Å²) in [5, 5.41) is 10.8. The Bertz CT molecular complexity index is 765. The van der Waals surface area contributed by atoms with E-state index in [-0.39, 0.29) is 29.6 Å². The quantitative estimate of drug-likeness (QED) is 0.776. The molecule has 0 aliphatic carbocycles. The molecule has 6 atom stereocenters. The Morgan fingerprint density at radius 1 is 1.33 bits per heavy atom. The van der Waals surface area contributed by atoms with Crippen molar-refractivity contribution in [3.8, 4) is 0 Å². The number of aliphatic hydroxyl groups is 1. The van der Waals surface area contributed by atoms with Crippen molar-refractivity contribution in [3.05, 3.63) is 35.9 Å². The van der Waals surface area contributed by atoms with Crippen LogP contribution in [-0.2, 0) is 20.8 Å². The number of thioether (sulfide) groups is 1. The van der Waals surface area contributed by atoms with Crippen molar-refractivity contribution in [2.75, 3.05) is 7.05 Å². The summed E-state index contributed by atoms with van der Waals surface area (Å²) in [6.45, 7) is 9.67. The topological polar surface area (TPSA) is 80.6 Å². The van der Waals surface area contributed by atoms with Gasteiger partial charge in [-0.3, -0.25) is 9.89 Å². The molecule has 0 radical (unpaired) electrons. The molecular formula is C22H32N2O5S. The number of carbonyl (C=O) groups excluding carboxylic acids is 1. The molecule has 30 heavy (non-hydrogen) atoms. The third-order valence-corrected chi connectivity index (χ3v) is 6.35. The molecule has 1 amide bonds. The van der Waals surface area contributed by atoms with Crippen molar-refractivity contribution in [1.29, 1.82) is 0 Å². The molecule has 2 aliphatic rings. The van der Waals surface area contributed by atoms with Gasteiger partial charge in [0.15, 0.2) is 5.17 Å². The van der Waals surface area contributed by atoms with Crippen LogP contribution in [0.5, 0.6) is 0 Å². The molecule has 0 spiro atoms. The number of fused-ring (bicyclic) bond motifs is 1. The number of amidine groups is 1. The van der Waals surface area contributed by atoms with Crippen LogP contribution in [0.25, 0.3) is 0 Å². The second-order valence-corrected chi connectivity index (χ2v) is 9.95. The predicted octanol–water partition coefficient (Wildman–Crippen LogP) is 3.65. The summed E-state index contributed by atoms with van der Waals surface area (Å²) < 4.78 is 17.9. The van der Waals surface area contributed by atoms with Gasteiger partial charge in [-0.25, -0.2) is 4.79 Å². The molecule has 1 unspecified atom stereocenters. The Hall–Kier alpha value is -1.61. The zero-order valence-corrected chi connectivity index (χ0v) is 19.3. The van der Waals surface area contributed by atoms with Gasteiger partial charge < -0.3 is 19.3 Å². The van der Waals surface area contributed by atoms with Crippen LogP contribution < -0.4 is 0 Å². The zero-order valence-electron chi connectivity index (χ0n) is 18.4. The van der Waals surface area contributed by atoms with E-state index in [4.69, 9.17) is 19.2 Å². The Morgan fingerprint density at radius 2 is 2.00 bits per heavy atom. The fraction of sp³-hybridized carbons (Fsp3) is 0.636. The lowest BCUT2D eigenvalue weighted by atomic mass is 9.87. The summed E-state index contributed by atoms with van der Waals surface area (Å²) in [7, 11) is 1.65. The Balaban J connectivity index is 1.78. The summed E-state index contributed by atoms with van der Waals surface area (Å²) in [5.41, 5.74) is 0.148. The number of hydrogen-bond donors (Lipinski definition) is 1. The van der Waals surface area contributed by atoms with Gasteiger partial charge >= 0.3 is 6.09 Å². The van der Waals surface area contributed by atoms with Crippen LogP contribution in [0.15, 0.2) is 35.3 Å². The first kappa shape index (κ1) is 23.1. The van der Waals surface area contributed by atoms with Gasteiger partial charge in [-0.05, 0) is 33.3 Å². The summed E-state index contributed by atoms with van der Waals surface area (Å²) in [4.78, 5) is 18.7. The maximum absolute atomic E-state index is 12.5. The van der Waals surface area contributed by atoms with E-state index in [9.17, 15) is 9.90 Å². The number of nitrogens with zero attached hydrogens (tertiary/aromatic N) is 2. The SMILES string of the molecule is CC(O)[C@H]1O[C@@H]2SC(N(C)C(=O)OC(C)(C)C)=N[C@@H]2[C@@H](OCc2ccccc2)[C@@H]1C. The molecule has 1 aromatic carbocycles. The number of benzene rings is 1. The highest BCUT2D eigenvalue weighted by Gasteiger charge is 2.50. The maximum Gasteiger partial charge on any atom is 0.416 e. The Kier molecular flexibility index (Phi) is 7.12. The minimum Gasteiger partial charge on any atom is -0.443 e. The monoisotopic (exact) mass is 436 g/mol. The highest BCUT2D eigenvalue weighted by atomic mass is 32.2. The first-order chi connectivity index (χ1) is 14.1. The van der Waals surface area contributed by atoms with E-state index in [1.807, 2.05) is 58.0 Å². The highest BCUT2D eigenvalue weighted by molar-refractivity contribution is 8.14. The molecule has 166 valence electrons. The van der Waals surface area contributed by atoms with Crippen LogP contribution in [0.3, 0.4) is 0 Å². The van der Waals surface area contributed by atoms with Crippen molar-refractivity contribution >= 4 is 23.0 Å². The normalized spacial score (nSPS) is 29.7. The van der Waals surface area contributed by atoms with Crippen LogP contribution in [0.1, 0.15) is 40.2 Å². The molecule has 1 fully saturated rings. The second-order valence-electron chi connectivity index (χ2n) is 8.89. The number of amides is 1. The van der Waals surface area contributed by atoms with E-state index in [0.29, 0.717) is 11.8 Å². The summed E-state index contributed by atoms with van der Waals surface area (Å²) >= 11 is 1.37. The summed E-state index contributed by atoms with van der Waals surface area (Å²) in [6.07, 6.45) is -1.73. The maximum atomic E-state index is 12.5. The first-order valence-electron chi connectivity index (χ1n) is 10.3. The molecule has 0 bridgehead atoms. The van der Waals surface area contributed by atoms with Gasteiger partial charge in [0.25, 0.3) is 0 Å². The molecule has 2 heterocycles. The van der Waals surface area contributed by atoms with Crippen LogP contribution in [-0.4, -0.2) is 63.7 Å². The van der Waals surface area contributed by atoms with Gasteiger partial charge in [0.1, 0.15) is 17.1 Å². The third-order valence-electron chi connectivity index (χ3n) is 5.14. The number of ether oxygens (including phenoxy) is 3. The Labute approximate surface area is 182 Å². The first-order valence-corrected chi connectivity index (χ1v) is 11.1. The summed E-state index contributed by atoms with van der Waals surface area (Å²) in [6, 6.07) is 9.68. The van der Waals surface area contributed by atoms with E-state index in [1.54, 1.807) is 14.0 Å². The van der Waals surface area contributed by atoms with Crippen molar-refractivity contribution in [2.45, 2.75) is 76.6 Å². The van der Waals surface area contributed by atoms with Crippen molar-refractivity contribution in [2.24, 2.45) is 10.9 Å². The summed E-state index contributed by atoms with van der Waals surface area (Å²) in [5.74, 6) is -0.0644. The zero-order chi connectivity index (χ0) is 22.1. The number of aliphatic hydroxyl groups excluding tert-OH is 1. The van der Waals surface area contributed by atoms with Gasteiger partial charge in [-0.15, -0.1) is 0 Å². The lowest BCUT2D eigenvalue weighted by Gasteiger charge is -2.42. The van der Waals surface area contributed by atoms with E-state index < -0.39 is 17.8 Å². The fourth-order valence-electron chi connectivity index (χ4n) is 3.65. The molecule has 1 aromatic rings. The van der Waals surface area contributed by atoms with Crippen molar-refractivity contribution in [3.63, 3.8) is 0 Å². The van der Waals surface area contributed by atoms with Crippen LogP contribution in [0, 0.1) is 5.92 Å². The molecule has 0 saturated carbocycles. The minimum absolute atomic E-state index is 0.0644. The van der Waals surface area contributed by atoms with Crippen molar-refractivity contribution in [1.82, 2.24) is 4.90 Å². The number of rotatable bonds is 4. The largest absolute Gasteiger partial charge is 0.443 e. The second kappa shape index (κ2) is 9.26. The van der Waals surface area contributed by atoms with E-state index in [1.165, 1.54) is 16.7 Å². The van der Waals surface area contributed by atoms with Crippen molar-refractivity contribution < 1.29 is 24.1 Å². The molecule has 3 rings (SSSR count). The Morgan fingerprint density at radius 3 is 2.60 bits per heavy atom. The average Bonchev–Trinajstić information content (AvgIpc) is 3.09. The molecule has 7 nitrogen and oxygen atoms in total. The third kappa shape index (κ3) is 5.35. The molecule has 8 heteroatoms. The molecule has 1 N–H and O–H groups in total. The van der Waals surface area contributed by atoms with E-state index >= 15 is 0 Å². The predicted molar refractivity (Wildman–Crippen MR) is 117 cm³/mol. The van der Waals surface area contributed by atoms with Gasteiger partial charge in [0.05, 0.1) is 24.9 Å². The van der Waals surface area contributed by atoms with Crippen LogP contribution in [0.2, 0.25) is 0 Å². The lowest BCUT2D eigenvalue weighted by Crippen LogP contribution is -2.54. The number of carbonyl (C=O) groups is 1. The van der Waals surface area contributed by atoms with E-state index in [2.05, 4.69) is 0 Å². The highest BCUT2D eigenvalue weighted by Crippen LogP contribution is 2.41. The van der Waals surface area contributed by atoms with Crippen LogP contribution >= 0.6 is 11.8 Å². The average molecular weight is 437 g/mol. The molecule has 2 aliphatic heterocycles. The van der Waals surface area contributed by atoms with Gasteiger partial charge in [-0.1, -0.05) is 49.0 Å². The lowest BCUT2D eigenvalue weighted by molar-refractivity contribution is -0.165. The molecular weight excluding hydrogens is 404 g/mol.